The molecular formula is C12H13ClN2O. The fraction of sp³-hybridized carbons (Fsp3) is 0.250. The number of fused-ring (bicyclic) bond motifs is 1. The first kappa shape index (κ1) is 11.2. The number of aromatic nitrogens is 1. The molecule has 2 aromatic rings. The molecule has 0 spiro atoms. The molecule has 0 fully saturated rings. The summed E-state index contributed by atoms with van der Waals surface area (Å²) in [6.07, 6.45) is 2.47. The van der Waals surface area contributed by atoms with Crippen LogP contribution in [0.3, 0.4) is 0 Å². The highest BCUT2D eigenvalue weighted by Gasteiger charge is 2.04. The summed E-state index contributed by atoms with van der Waals surface area (Å²) in [6, 6.07) is 7.58. The van der Waals surface area contributed by atoms with Crippen molar-refractivity contribution in [1.82, 2.24) is 4.98 Å². The van der Waals surface area contributed by atoms with Crippen LogP contribution in [-0.2, 0) is 0 Å². The highest BCUT2D eigenvalue weighted by molar-refractivity contribution is 6.35. The van der Waals surface area contributed by atoms with Crippen molar-refractivity contribution in [2.75, 3.05) is 18.5 Å². The number of hydrogen-bond donors (Lipinski definition) is 2. The minimum Gasteiger partial charge on any atom is -0.396 e. The lowest BCUT2D eigenvalue weighted by atomic mass is 10.2. The Balaban J connectivity index is 2.35. The van der Waals surface area contributed by atoms with Crippen LogP contribution in [0.1, 0.15) is 6.42 Å². The van der Waals surface area contributed by atoms with Gasteiger partial charge in [0, 0.05) is 24.7 Å². The van der Waals surface area contributed by atoms with E-state index in [0.29, 0.717) is 5.02 Å². The second-order valence-electron chi connectivity index (χ2n) is 3.50. The van der Waals surface area contributed by atoms with Crippen molar-refractivity contribution in [3.63, 3.8) is 0 Å². The second kappa shape index (κ2) is 5.14. The summed E-state index contributed by atoms with van der Waals surface area (Å²) in [4.78, 5) is 4.31. The van der Waals surface area contributed by atoms with Gasteiger partial charge in [0.1, 0.15) is 0 Å². The Bertz CT molecular complexity index is 487. The summed E-state index contributed by atoms with van der Waals surface area (Å²) in [5.41, 5.74) is 1.82. The lowest BCUT2D eigenvalue weighted by Crippen LogP contribution is -2.04. The first-order valence-electron chi connectivity index (χ1n) is 5.21. The van der Waals surface area contributed by atoms with Gasteiger partial charge in [-0.3, -0.25) is 4.98 Å². The van der Waals surface area contributed by atoms with E-state index in [1.165, 1.54) is 0 Å². The van der Waals surface area contributed by atoms with Gasteiger partial charge < -0.3 is 10.4 Å². The summed E-state index contributed by atoms with van der Waals surface area (Å²) >= 11 is 6.08. The predicted octanol–water partition coefficient (Wildman–Crippen LogP) is 2.68. The van der Waals surface area contributed by atoms with Gasteiger partial charge in [-0.05, 0) is 30.7 Å². The number of nitrogens with one attached hydrogen (secondary N) is 1. The molecule has 0 bridgehead atoms. The minimum absolute atomic E-state index is 0.186. The van der Waals surface area contributed by atoms with Gasteiger partial charge in [-0.1, -0.05) is 11.6 Å². The molecule has 0 saturated heterocycles. The van der Waals surface area contributed by atoms with Crippen LogP contribution in [-0.4, -0.2) is 23.2 Å². The van der Waals surface area contributed by atoms with Gasteiger partial charge in [0.05, 0.1) is 16.2 Å². The highest BCUT2D eigenvalue weighted by atomic mass is 35.5. The molecular weight excluding hydrogens is 224 g/mol. The Kier molecular flexibility index (Phi) is 3.59. The van der Waals surface area contributed by atoms with Gasteiger partial charge >= 0.3 is 0 Å². The Morgan fingerprint density at radius 1 is 1.31 bits per heavy atom. The molecule has 3 nitrogen and oxygen atoms in total. The number of aliphatic hydroxyl groups is 1. The average molecular weight is 237 g/mol. The molecule has 0 amide bonds. The van der Waals surface area contributed by atoms with Crippen LogP contribution in [0.2, 0.25) is 5.02 Å². The molecule has 16 heavy (non-hydrogen) atoms. The van der Waals surface area contributed by atoms with Crippen LogP contribution >= 0.6 is 11.6 Å². The highest BCUT2D eigenvalue weighted by Crippen LogP contribution is 2.27. The summed E-state index contributed by atoms with van der Waals surface area (Å²) in [5, 5.41) is 13.6. The smallest absolute Gasteiger partial charge is 0.0948 e. The standard InChI is InChI=1S/C12H13ClN2O/c13-10-4-5-11(14-7-2-8-16)12-9(10)3-1-6-15-12/h1,3-6,14,16H,2,7-8H2. The molecule has 4 heteroatoms. The molecule has 0 aliphatic heterocycles. The lowest BCUT2D eigenvalue weighted by molar-refractivity contribution is 0.292. The third kappa shape index (κ3) is 2.26. The van der Waals surface area contributed by atoms with E-state index in [4.69, 9.17) is 16.7 Å². The number of pyridine rings is 1. The van der Waals surface area contributed by atoms with Crippen LogP contribution in [0.25, 0.3) is 10.9 Å². The Hall–Kier alpha value is -1.32. The van der Waals surface area contributed by atoms with Gasteiger partial charge in [0.25, 0.3) is 0 Å². The maximum atomic E-state index is 8.72. The van der Waals surface area contributed by atoms with E-state index in [9.17, 15) is 0 Å². The molecule has 1 aromatic heterocycles. The summed E-state index contributed by atoms with van der Waals surface area (Å²) in [6.45, 7) is 0.912. The van der Waals surface area contributed by atoms with Gasteiger partial charge in [-0.25, -0.2) is 0 Å². The van der Waals surface area contributed by atoms with Crippen LogP contribution in [0.15, 0.2) is 30.5 Å². The third-order valence-electron chi connectivity index (χ3n) is 2.37. The first-order chi connectivity index (χ1) is 7.83. The van der Waals surface area contributed by atoms with Gasteiger partial charge in [0.15, 0.2) is 0 Å². The van der Waals surface area contributed by atoms with Crippen molar-refractivity contribution in [1.29, 1.82) is 0 Å². The van der Waals surface area contributed by atoms with E-state index < -0.39 is 0 Å². The quantitative estimate of drug-likeness (QED) is 0.803. The molecule has 0 atom stereocenters. The zero-order valence-corrected chi connectivity index (χ0v) is 9.54. The topological polar surface area (TPSA) is 45.1 Å². The molecule has 1 heterocycles. The van der Waals surface area contributed by atoms with Crippen molar-refractivity contribution >= 4 is 28.2 Å². The molecule has 2 N–H and O–H groups in total. The van der Waals surface area contributed by atoms with E-state index in [-0.39, 0.29) is 6.61 Å². The van der Waals surface area contributed by atoms with Crippen molar-refractivity contribution in [2.45, 2.75) is 6.42 Å². The van der Waals surface area contributed by atoms with Crippen LogP contribution in [0, 0.1) is 0 Å². The second-order valence-corrected chi connectivity index (χ2v) is 3.91. The Morgan fingerprint density at radius 2 is 2.19 bits per heavy atom. The normalized spacial score (nSPS) is 10.6. The van der Waals surface area contributed by atoms with Crippen molar-refractivity contribution in [3.8, 4) is 0 Å². The Morgan fingerprint density at radius 3 is 3.00 bits per heavy atom. The SMILES string of the molecule is OCCCNc1ccc(Cl)c2cccnc12. The van der Waals surface area contributed by atoms with Crippen LogP contribution in [0.4, 0.5) is 5.69 Å². The molecule has 0 radical (unpaired) electrons. The summed E-state index contributed by atoms with van der Waals surface area (Å²) < 4.78 is 0. The number of hydrogen-bond acceptors (Lipinski definition) is 3. The van der Waals surface area contributed by atoms with E-state index >= 15 is 0 Å². The van der Waals surface area contributed by atoms with Gasteiger partial charge in [-0.2, -0.15) is 0 Å². The maximum absolute atomic E-state index is 8.72. The molecule has 0 saturated carbocycles. The van der Waals surface area contributed by atoms with Crippen molar-refractivity contribution in [3.05, 3.63) is 35.5 Å². The molecule has 1 aromatic carbocycles. The fourth-order valence-electron chi connectivity index (χ4n) is 1.58. The van der Waals surface area contributed by atoms with Gasteiger partial charge in [0.2, 0.25) is 0 Å². The zero-order valence-electron chi connectivity index (χ0n) is 8.78. The average Bonchev–Trinajstić information content (AvgIpc) is 2.33. The van der Waals surface area contributed by atoms with E-state index in [0.717, 1.165) is 29.6 Å². The zero-order chi connectivity index (χ0) is 11.4. The van der Waals surface area contributed by atoms with Gasteiger partial charge in [-0.15, -0.1) is 0 Å². The Labute approximate surface area is 99.1 Å². The first-order valence-corrected chi connectivity index (χ1v) is 5.58. The number of anilines is 1. The van der Waals surface area contributed by atoms with E-state index in [1.54, 1.807) is 6.20 Å². The molecule has 2 rings (SSSR count). The molecule has 0 aliphatic rings. The summed E-state index contributed by atoms with van der Waals surface area (Å²) in [5.74, 6) is 0. The summed E-state index contributed by atoms with van der Waals surface area (Å²) in [7, 11) is 0. The van der Waals surface area contributed by atoms with Crippen molar-refractivity contribution in [2.24, 2.45) is 0 Å². The number of rotatable bonds is 4. The van der Waals surface area contributed by atoms with Crippen molar-refractivity contribution < 1.29 is 5.11 Å². The fourth-order valence-corrected chi connectivity index (χ4v) is 1.80. The number of halogens is 1. The largest absolute Gasteiger partial charge is 0.396 e. The molecule has 0 unspecified atom stereocenters. The van der Waals surface area contributed by atoms with E-state index in [1.807, 2.05) is 24.3 Å². The number of nitrogens with zero attached hydrogens (tertiary/aromatic N) is 1. The number of benzene rings is 1. The third-order valence-corrected chi connectivity index (χ3v) is 2.70. The van der Waals surface area contributed by atoms with Crippen LogP contribution < -0.4 is 5.32 Å². The van der Waals surface area contributed by atoms with Crippen LogP contribution in [0.5, 0.6) is 0 Å². The monoisotopic (exact) mass is 236 g/mol. The minimum atomic E-state index is 0.186. The molecule has 0 aliphatic carbocycles. The maximum Gasteiger partial charge on any atom is 0.0948 e. The predicted molar refractivity (Wildman–Crippen MR) is 66.9 cm³/mol. The lowest BCUT2D eigenvalue weighted by Gasteiger charge is -2.09. The van der Waals surface area contributed by atoms with E-state index in [2.05, 4.69) is 10.3 Å². The number of aliphatic hydroxyl groups excluding tert-OH is 1. The molecule has 84 valence electrons.